The fourth-order valence-corrected chi connectivity index (χ4v) is 3.94. The number of amides is 1. The third-order valence-corrected chi connectivity index (χ3v) is 5.06. The number of halogens is 2. The monoisotopic (exact) mass is 365 g/mol. The van der Waals surface area contributed by atoms with Gasteiger partial charge < -0.3 is 9.88 Å². The van der Waals surface area contributed by atoms with Crippen molar-refractivity contribution in [1.82, 2.24) is 9.47 Å². The Morgan fingerprint density at radius 3 is 2.62 bits per heavy atom. The Hall–Kier alpha value is -1.49. The molecule has 6 heteroatoms. The summed E-state index contributed by atoms with van der Waals surface area (Å²) < 4.78 is 2.13. The third kappa shape index (κ3) is 3.61. The SMILES string of the molecule is C[C@H](C(=O)Nc1cc(Cl)cc(Cl)c1)N1CCC[C@@H]1c1cccn1C. The van der Waals surface area contributed by atoms with E-state index in [4.69, 9.17) is 23.2 Å². The summed E-state index contributed by atoms with van der Waals surface area (Å²) in [5.41, 5.74) is 1.87. The molecule has 0 saturated carbocycles. The molecule has 0 radical (unpaired) electrons. The van der Waals surface area contributed by atoms with E-state index in [0.29, 0.717) is 15.7 Å². The second kappa shape index (κ2) is 7.18. The van der Waals surface area contributed by atoms with E-state index in [-0.39, 0.29) is 18.0 Å². The fourth-order valence-electron chi connectivity index (χ4n) is 3.41. The molecule has 0 unspecified atom stereocenters. The molecule has 1 aromatic carbocycles. The Labute approximate surface area is 152 Å². The summed E-state index contributed by atoms with van der Waals surface area (Å²) in [6.45, 7) is 2.86. The molecule has 2 atom stereocenters. The van der Waals surface area contributed by atoms with Crippen molar-refractivity contribution in [1.29, 1.82) is 0 Å². The first-order valence-corrected chi connectivity index (χ1v) is 8.85. The van der Waals surface area contributed by atoms with E-state index in [1.807, 2.05) is 26.2 Å². The number of likely N-dealkylation sites (tertiary alicyclic amines) is 1. The van der Waals surface area contributed by atoms with Gasteiger partial charge in [-0.1, -0.05) is 23.2 Å². The van der Waals surface area contributed by atoms with E-state index < -0.39 is 0 Å². The molecule has 24 heavy (non-hydrogen) atoms. The van der Waals surface area contributed by atoms with Crippen molar-refractivity contribution in [3.8, 4) is 0 Å². The van der Waals surface area contributed by atoms with E-state index >= 15 is 0 Å². The molecule has 1 N–H and O–H groups in total. The molecular formula is C18H21Cl2N3O. The summed E-state index contributed by atoms with van der Waals surface area (Å²) in [6, 6.07) is 9.27. The summed E-state index contributed by atoms with van der Waals surface area (Å²) in [5.74, 6) is -0.0468. The molecule has 4 nitrogen and oxygen atoms in total. The molecule has 1 aromatic heterocycles. The molecule has 1 fully saturated rings. The van der Waals surface area contributed by atoms with Crippen molar-refractivity contribution in [3.63, 3.8) is 0 Å². The number of nitrogens with one attached hydrogen (secondary N) is 1. The van der Waals surface area contributed by atoms with E-state index in [1.165, 1.54) is 5.69 Å². The second-order valence-electron chi connectivity index (χ2n) is 6.26. The average molecular weight is 366 g/mol. The third-order valence-electron chi connectivity index (χ3n) is 4.63. The summed E-state index contributed by atoms with van der Waals surface area (Å²) in [4.78, 5) is 14.9. The van der Waals surface area contributed by atoms with Crippen molar-refractivity contribution < 1.29 is 4.79 Å². The maximum atomic E-state index is 12.7. The Balaban J connectivity index is 1.74. The minimum Gasteiger partial charge on any atom is -0.353 e. The lowest BCUT2D eigenvalue weighted by atomic mass is 10.1. The number of hydrogen-bond acceptors (Lipinski definition) is 2. The van der Waals surface area contributed by atoms with Crippen LogP contribution < -0.4 is 5.32 Å². The highest BCUT2D eigenvalue weighted by molar-refractivity contribution is 6.35. The van der Waals surface area contributed by atoms with Gasteiger partial charge in [0.15, 0.2) is 0 Å². The van der Waals surface area contributed by atoms with Gasteiger partial charge in [0.1, 0.15) is 0 Å². The molecule has 2 heterocycles. The fraction of sp³-hybridized carbons (Fsp3) is 0.389. The number of carbonyl (C=O) groups is 1. The Morgan fingerprint density at radius 2 is 2.00 bits per heavy atom. The number of hydrogen-bond donors (Lipinski definition) is 1. The average Bonchev–Trinajstić information content (AvgIpc) is 3.13. The lowest BCUT2D eigenvalue weighted by Gasteiger charge is -2.30. The first-order chi connectivity index (χ1) is 11.5. The van der Waals surface area contributed by atoms with Gasteiger partial charge in [-0.2, -0.15) is 0 Å². The molecule has 1 aliphatic heterocycles. The first-order valence-electron chi connectivity index (χ1n) is 8.09. The van der Waals surface area contributed by atoms with Crippen LogP contribution in [0.2, 0.25) is 10.0 Å². The van der Waals surface area contributed by atoms with Crippen LogP contribution in [0.1, 0.15) is 31.5 Å². The van der Waals surface area contributed by atoms with Gasteiger partial charge in [-0.05, 0) is 56.6 Å². The van der Waals surface area contributed by atoms with Crippen LogP contribution in [0, 0.1) is 0 Å². The number of aryl methyl sites for hydroxylation is 1. The van der Waals surface area contributed by atoms with Gasteiger partial charge in [0.25, 0.3) is 0 Å². The quantitative estimate of drug-likeness (QED) is 0.865. The first kappa shape index (κ1) is 17.3. The van der Waals surface area contributed by atoms with E-state index in [0.717, 1.165) is 19.4 Å². The van der Waals surface area contributed by atoms with Crippen LogP contribution in [0.5, 0.6) is 0 Å². The molecule has 2 aromatic rings. The van der Waals surface area contributed by atoms with Crippen LogP contribution in [0.4, 0.5) is 5.69 Å². The van der Waals surface area contributed by atoms with Gasteiger partial charge >= 0.3 is 0 Å². The highest BCUT2D eigenvalue weighted by Crippen LogP contribution is 2.34. The summed E-state index contributed by atoms with van der Waals surface area (Å²) in [7, 11) is 2.05. The molecule has 0 aliphatic carbocycles. The number of anilines is 1. The van der Waals surface area contributed by atoms with Crippen molar-refractivity contribution in [2.45, 2.75) is 31.8 Å². The summed E-state index contributed by atoms with van der Waals surface area (Å²) >= 11 is 12.0. The maximum absolute atomic E-state index is 12.7. The van der Waals surface area contributed by atoms with Gasteiger partial charge in [0.05, 0.1) is 12.1 Å². The maximum Gasteiger partial charge on any atom is 0.241 e. The minimum absolute atomic E-state index is 0.0468. The molecule has 1 amide bonds. The van der Waals surface area contributed by atoms with Crippen molar-refractivity contribution >= 4 is 34.8 Å². The molecule has 3 rings (SSSR count). The largest absolute Gasteiger partial charge is 0.353 e. The van der Waals surface area contributed by atoms with Crippen molar-refractivity contribution in [3.05, 3.63) is 52.3 Å². The lowest BCUT2D eigenvalue weighted by molar-refractivity contribution is -0.121. The van der Waals surface area contributed by atoms with Crippen LogP contribution in [0.3, 0.4) is 0 Å². The smallest absolute Gasteiger partial charge is 0.241 e. The lowest BCUT2D eigenvalue weighted by Crippen LogP contribution is -2.42. The van der Waals surface area contributed by atoms with Gasteiger partial charge in [-0.3, -0.25) is 9.69 Å². The summed E-state index contributed by atoms with van der Waals surface area (Å²) in [6.07, 6.45) is 4.21. The standard InChI is InChI=1S/C18H21Cl2N3O/c1-12(18(24)21-15-10-13(19)9-14(20)11-15)23-8-4-6-17(23)16-5-3-7-22(16)2/h3,5,7,9-12,17H,4,6,8H2,1-2H3,(H,21,24)/t12-,17-/m1/s1. The number of rotatable bonds is 4. The van der Waals surface area contributed by atoms with Crippen LogP contribution in [0.15, 0.2) is 36.5 Å². The van der Waals surface area contributed by atoms with Crippen molar-refractivity contribution in [2.75, 3.05) is 11.9 Å². The molecule has 0 spiro atoms. The van der Waals surface area contributed by atoms with Crippen molar-refractivity contribution in [2.24, 2.45) is 7.05 Å². The highest BCUT2D eigenvalue weighted by Gasteiger charge is 2.34. The number of carbonyl (C=O) groups excluding carboxylic acids is 1. The van der Waals surface area contributed by atoms with Gasteiger partial charge in [0.2, 0.25) is 5.91 Å². The number of aromatic nitrogens is 1. The van der Waals surface area contributed by atoms with Crippen LogP contribution in [-0.2, 0) is 11.8 Å². The molecule has 1 aliphatic rings. The van der Waals surface area contributed by atoms with Gasteiger partial charge in [-0.25, -0.2) is 0 Å². The Bertz CT molecular complexity index is 723. The summed E-state index contributed by atoms with van der Waals surface area (Å²) in [5, 5.41) is 3.94. The molecule has 0 bridgehead atoms. The van der Waals surface area contributed by atoms with Gasteiger partial charge in [-0.15, -0.1) is 0 Å². The van der Waals surface area contributed by atoms with Gasteiger partial charge in [0, 0.05) is 34.7 Å². The van der Waals surface area contributed by atoms with Crippen LogP contribution in [-0.4, -0.2) is 28.0 Å². The van der Waals surface area contributed by atoms with E-state index in [9.17, 15) is 4.79 Å². The molecule has 1 saturated heterocycles. The van der Waals surface area contributed by atoms with Crippen LogP contribution in [0.25, 0.3) is 0 Å². The zero-order valence-electron chi connectivity index (χ0n) is 13.8. The number of benzene rings is 1. The normalized spacial score (nSPS) is 19.4. The Morgan fingerprint density at radius 1 is 1.29 bits per heavy atom. The zero-order chi connectivity index (χ0) is 17.3. The number of nitrogens with zero attached hydrogens (tertiary/aromatic N) is 2. The Kier molecular flexibility index (Phi) is 5.18. The predicted octanol–water partition coefficient (Wildman–Crippen LogP) is 4.50. The van der Waals surface area contributed by atoms with E-state index in [1.54, 1.807) is 18.2 Å². The molecule has 128 valence electrons. The zero-order valence-corrected chi connectivity index (χ0v) is 15.3. The van der Waals surface area contributed by atoms with Crippen LogP contribution >= 0.6 is 23.2 Å². The highest BCUT2D eigenvalue weighted by atomic mass is 35.5. The minimum atomic E-state index is -0.231. The topological polar surface area (TPSA) is 37.3 Å². The predicted molar refractivity (Wildman–Crippen MR) is 98.6 cm³/mol. The molecular weight excluding hydrogens is 345 g/mol. The van der Waals surface area contributed by atoms with E-state index in [2.05, 4.69) is 20.9 Å². The second-order valence-corrected chi connectivity index (χ2v) is 7.14.